The summed E-state index contributed by atoms with van der Waals surface area (Å²) in [6, 6.07) is 24.8. The number of aryl methyl sites for hydroxylation is 1. The molecule has 0 saturated carbocycles. The van der Waals surface area contributed by atoms with Gasteiger partial charge in [0.1, 0.15) is 12.4 Å². The quantitative estimate of drug-likeness (QED) is 0.548. The van der Waals surface area contributed by atoms with Crippen LogP contribution in [0.1, 0.15) is 35.2 Å². The Balaban J connectivity index is 1.66. The summed E-state index contributed by atoms with van der Waals surface area (Å²) in [5, 5.41) is 4.27. The molecule has 0 unspecified atom stereocenters. The van der Waals surface area contributed by atoms with Gasteiger partial charge in [-0.25, -0.2) is 0 Å². The Hall–Kier alpha value is -2.29. The topological polar surface area (TPSA) is 21.3 Å². The van der Waals surface area contributed by atoms with Crippen molar-refractivity contribution in [1.29, 1.82) is 0 Å². The number of nitrogens with one attached hydrogen (secondary N) is 1. The minimum Gasteiger partial charge on any atom is -0.489 e. The van der Waals surface area contributed by atoms with Crippen LogP contribution in [0.5, 0.6) is 5.75 Å². The molecule has 3 rings (SSSR count). The minimum absolute atomic E-state index is 0.250. The molecule has 0 aliphatic rings. The summed E-state index contributed by atoms with van der Waals surface area (Å²) in [4.78, 5) is 0. The van der Waals surface area contributed by atoms with Crippen molar-refractivity contribution in [1.82, 2.24) is 5.32 Å². The molecule has 3 aromatic carbocycles. The van der Waals surface area contributed by atoms with Gasteiger partial charge < -0.3 is 10.1 Å². The Morgan fingerprint density at radius 3 is 2.42 bits per heavy atom. The molecule has 0 saturated heterocycles. The van der Waals surface area contributed by atoms with E-state index in [1.54, 1.807) is 0 Å². The van der Waals surface area contributed by atoms with Crippen molar-refractivity contribution in [2.75, 3.05) is 0 Å². The molecule has 2 nitrogen and oxygen atoms in total. The van der Waals surface area contributed by atoms with Gasteiger partial charge in [-0.2, -0.15) is 0 Å². The normalized spacial score (nSPS) is 12.0. The van der Waals surface area contributed by atoms with Crippen LogP contribution in [0.15, 0.2) is 72.8 Å². The van der Waals surface area contributed by atoms with Crippen LogP contribution in [0.2, 0.25) is 5.02 Å². The van der Waals surface area contributed by atoms with E-state index in [-0.39, 0.29) is 6.04 Å². The highest BCUT2D eigenvalue weighted by Gasteiger charge is 2.09. The largest absolute Gasteiger partial charge is 0.489 e. The van der Waals surface area contributed by atoms with Crippen LogP contribution in [0.4, 0.5) is 0 Å². The molecule has 0 aliphatic carbocycles. The molecule has 0 spiro atoms. The zero-order valence-corrected chi connectivity index (χ0v) is 16.0. The van der Waals surface area contributed by atoms with Crippen molar-refractivity contribution in [3.8, 4) is 5.75 Å². The van der Waals surface area contributed by atoms with Crippen molar-refractivity contribution in [3.63, 3.8) is 0 Å². The molecule has 0 radical (unpaired) electrons. The number of hydrogen-bond donors (Lipinski definition) is 1. The van der Waals surface area contributed by atoms with E-state index in [0.29, 0.717) is 13.2 Å². The van der Waals surface area contributed by atoms with Crippen LogP contribution in [0, 0.1) is 6.92 Å². The third kappa shape index (κ3) is 5.10. The van der Waals surface area contributed by atoms with Crippen molar-refractivity contribution in [2.24, 2.45) is 0 Å². The smallest absolute Gasteiger partial charge is 0.124 e. The number of rotatable bonds is 7. The zero-order valence-electron chi connectivity index (χ0n) is 15.2. The van der Waals surface area contributed by atoms with E-state index in [4.69, 9.17) is 16.3 Å². The minimum atomic E-state index is 0.250. The van der Waals surface area contributed by atoms with Crippen molar-refractivity contribution in [3.05, 3.63) is 100 Å². The highest BCUT2D eigenvalue weighted by atomic mass is 35.5. The summed E-state index contributed by atoms with van der Waals surface area (Å²) in [7, 11) is 0. The van der Waals surface area contributed by atoms with Gasteiger partial charge in [0.25, 0.3) is 0 Å². The van der Waals surface area contributed by atoms with E-state index in [9.17, 15) is 0 Å². The number of halogens is 1. The van der Waals surface area contributed by atoms with E-state index in [2.05, 4.69) is 67.7 Å². The average molecular weight is 366 g/mol. The summed E-state index contributed by atoms with van der Waals surface area (Å²) in [5.74, 6) is 0.864. The van der Waals surface area contributed by atoms with Gasteiger partial charge in [0.05, 0.1) is 0 Å². The Morgan fingerprint density at radius 1 is 0.962 bits per heavy atom. The maximum absolute atomic E-state index is 6.20. The molecule has 0 amide bonds. The SMILES string of the molecule is Cc1ccc(COc2ccc(Cl)cc2CN[C@@H](C)c2ccccc2)cc1. The Kier molecular flexibility index (Phi) is 6.32. The molecule has 1 N–H and O–H groups in total. The van der Waals surface area contributed by atoms with Crippen LogP contribution in [0.25, 0.3) is 0 Å². The summed E-state index contributed by atoms with van der Waals surface area (Å²) < 4.78 is 6.06. The van der Waals surface area contributed by atoms with Gasteiger partial charge in [0.2, 0.25) is 0 Å². The van der Waals surface area contributed by atoms with E-state index in [1.807, 2.05) is 24.3 Å². The predicted octanol–water partition coefficient (Wildman–Crippen LogP) is 6.08. The van der Waals surface area contributed by atoms with Crippen LogP contribution in [-0.2, 0) is 13.2 Å². The third-order valence-electron chi connectivity index (χ3n) is 4.44. The van der Waals surface area contributed by atoms with Crippen molar-refractivity contribution < 1.29 is 4.74 Å². The average Bonchev–Trinajstić information content (AvgIpc) is 2.67. The maximum Gasteiger partial charge on any atom is 0.124 e. The van der Waals surface area contributed by atoms with E-state index in [1.165, 1.54) is 11.1 Å². The molecule has 0 aliphatic heterocycles. The van der Waals surface area contributed by atoms with E-state index in [0.717, 1.165) is 21.9 Å². The predicted molar refractivity (Wildman–Crippen MR) is 109 cm³/mol. The van der Waals surface area contributed by atoms with E-state index >= 15 is 0 Å². The number of hydrogen-bond acceptors (Lipinski definition) is 2. The van der Waals surface area contributed by atoms with Crippen molar-refractivity contribution in [2.45, 2.75) is 33.0 Å². The summed E-state index contributed by atoms with van der Waals surface area (Å²) in [6.07, 6.45) is 0. The first-order chi connectivity index (χ1) is 12.6. The van der Waals surface area contributed by atoms with Gasteiger partial charge in [-0.1, -0.05) is 71.8 Å². The van der Waals surface area contributed by atoms with Gasteiger partial charge in [-0.05, 0) is 43.2 Å². The van der Waals surface area contributed by atoms with Gasteiger partial charge >= 0.3 is 0 Å². The van der Waals surface area contributed by atoms with Crippen molar-refractivity contribution >= 4 is 11.6 Å². The standard InChI is InChI=1S/C23H24ClNO/c1-17-8-10-19(11-9-17)16-26-23-13-12-22(24)14-21(23)15-25-18(2)20-6-4-3-5-7-20/h3-14,18,25H,15-16H2,1-2H3/t18-/m0/s1. The van der Waals surface area contributed by atoms with Gasteiger partial charge in [-0.15, -0.1) is 0 Å². The fraction of sp³-hybridized carbons (Fsp3) is 0.217. The Morgan fingerprint density at radius 2 is 1.69 bits per heavy atom. The summed E-state index contributed by atoms with van der Waals surface area (Å²) in [5.41, 5.74) is 4.73. The highest BCUT2D eigenvalue weighted by Crippen LogP contribution is 2.25. The summed E-state index contributed by atoms with van der Waals surface area (Å²) >= 11 is 6.20. The second-order valence-electron chi connectivity index (χ2n) is 6.54. The first-order valence-corrected chi connectivity index (χ1v) is 9.25. The second kappa shape index (κ2) is 8.88. The third-order valence-corrected chi connectivity index (χ3v) is 4.67. The molecule has 0 bridgehead atoms. The lowest BCUT2D eigenvalue weighted by Crippen LogP contribution is -2.18. The number of benzene rings is 3. The van der Waals surface area contributed by atoms with Gasteiger partial charge in [0, 0.05) is 23.2 Å². The molecular formula is C23H24ClNO. The lowest BCUT2D eigenvalue weighted by atomic mass is 10.1. The molecule has 0 heterocycles. The fourth-order valence-electron chi connectivity index (χ4n) is 2.79. The maximum atomic E-state index is 6.20. The highest BCUT2D eigenvalue weighted by molar-refractivity contribution is 6.30. The Labute approximate surface area is 160 Å². The molecule has 134 valence electrons. The molecule has 0 aromatic heterocycles. The van der Waals surface area contributed by atoms with Crippen LogP contribution in [0.3, 0.4) is 0 Å². The number of ether oxygens (including phenoxy) is 1. The first kappa shape index (κ1) is 18.5. The van der Waals surface area contributed by atoms with Gasteiger partial charge in [0.15, 0.2) is 0 Å². The molecule has 3 aromatic rings. The zero-order chi connectivity index (χ0) is 18.4. The molecular weight excluding hydrogens is 342 g/mol. The monoisotopic (exact) mass is 365 g/mol. The van der Waals surface area contributed by atoms with Crippen LogP contribution < -0.4 is 10.1 Å². The second-order valence-corrected chi connectivity index (χ2v) is 6.98. The molecule has 3 heteroatoms. The van der Waals surface area contributed by atoms with Crippen LogP contribution in [-0.4, -0.2) is 0 Å². The van der Waals surface area contributed by atoms with E-state index < -0.39 is 0 Å². The lowest BCUT2D eigenvalue weighted by molar-refractivity contribution is 0.301. The van der Waals surface area contributed by atoms with Gasteiger partial charge in [-0.3, -0.25) is 0 Å². The molecule has 0 fully saturated rings. The molecule has 1 atom stereocenters. The first-order valence-electron chi connectivity index (χ1n) is 8.87. The molecule has 26 heavy (non-hydrogen) atoms. The van der Waals surface area contributed by atoms with Crippen LogP contribution >= 0.6 is 11.6 Å². The fourth-order valence-corrected chi connectivity index (χ4v) is 2.99. The lowest BCUT2D eigenvalue weighted by Gasteiger charge is -2.17. The Bertz CT molecular complexity index is 831. The summed E-state index contributed by atoms with van der Waals surface area (Å²) in [6.45, 7) is 5.48.